The van der Waals surface area contributed by atoms with Crippen molar-refractivity contribution in [2.75, 3.05) is 44.7 Å². The van der Waals surface area contributed by atoms with E-state index in [0.29, 0.717) is 12.2 Å². The van der Waals surface area contributed by atoms with Gasteiger partial charge in [0.05, 0.1) is 25.6 Å². The average molecular weight is 336 g/mol. The zero-order valence-electron chi connectivity index (χ0n) is 14.0. The summed E-state index contributed by atoms with van der Waals surface area (Å²) in [5.41, 5.74) is 1.71. The van der Waals surface area contributed by atoms with Crippen molar-refractivity contribution in [1.29, 1.82) is 0 Å². The maximum Gasteiger partial charge on any atom is 0.230 e. The van der Waals surface area contributed by atoms with Gasteiger partial charge in [-0.3, -0.25) is 4.79 Å². The van der Waals surface area contributed by atoms with Crippen LogP contribution in [0.25, 0.3) is 0 Å². The number of morpholine rings is 1. The number of rotatable bonds is 8. The molecule has 2 rings (SSSR count). The molecule has 7 nitrogen and oxygen atoms in total. The van der Waals surface area contributed by atoms with Gasteiger partial charge in [0.15, 0.2) is 0 Å². The molecule has 0 aliphatic carbocycles. The fourth-order valence-electron chi connectivity index (χ4n) is 2.80. The van der Waals surface area contributed by atoms with Crippen LogP contribution in [0.2, 0.25) is 0 Å². The van der Waals surface area contributed by atoms with Crippen LogP contribution in [0.3, 0.4) is 0 Å². The van der Waals surface area contributed by atoms with Crippen molar-refractivity contribution in [3.05, 3.63) is 29.8 Å². The van der Waals surface area contributed by atoms with Gasteiger partial charge in [-0.2, -0.15) is 0 Å². The van der Waals surface area contributed by atoms with Crippen LogP contribution >= 0.6 is 0 Å². The highest BCUT2D eigenvalue weighted by Gasteiger charge is 2.20. The number of ether oxygens (including phenoxy) is 1. The summed E-state index contributed by atoms with van der Waals surface area (Å²) in [5, 5.41) is 15.7. The van der Waals surface area contributed by atoms with E-state index in [1.165, 1.54) is 4.90 Å². The van der Waals surface area contributed by atoms with Gasteiger partial charge >= 0.3 is 0 Å². The zero-order valence-corrected chi connectivity index (χ0v) is 14.0. The molecule has 1 aliphatic rings. The second-order valence-corrected chi connectivity index (χ2v) is 6.18. The number of aliphatic carboxylic acids is 1. The molecule has 1 heterocycles. The monoisotopic (exact) mass is 336 g/mol. The van der Waals surface area contributed by atoms with Gasteiger partial charge in [0.25, 0.3) is 0 Å². The summed E-state index contributed by atoms with van der Waals surface area (Å²) < 4.78 is 5.29. The molecule has 0 spiro atoms. The van der Waals surface area contributed by atoms with E-state index >= 15 is 0 Å². The van der Waals surface area contributed by atoms with Crippen LogP contribution in [0.4, 0.5) is 5.69 Å². The first-order valence-electron chi connectivity index (χ1n) is 8.36. The molecule has 0 saturated carbocycles. The van der Waals surface area contributed by atoms with Crippen LogP contribution in [0.5, 0.6) is 0 Å². The number of nitrogens with two attached hydrogens (primary N) is 1. The van der Waals surface area contributed by atoms with E-state index in [-0.39, 0.29) is 12.3 Å². The number of carboxylic acid groups (broad SMARTS) is 1. The number of carboxylic acids is 1. The largest absolute Gasteiger partial charge is 0.544 e. The summed E-state index contributed by atoms with van der Waals surface area (Å²) in [7, 11) is 0. The Bertz CT molecular complexity index is 559. The molecule has 4 N–H and O–H groups in total. The number of anilines is 1. The molecule has 0 aromatic heterocycles. The third-order valence-electron chi connectivity index (χ3n) is 4.16. The fraction of sp³-hybridized carbons (Fsp3) is 0.529. The van der Waals surface area contributed by atoms with Crippen molar-refractivity contribution in [3.8, 4) is 0 Å². The van der Waals surface area contributed by atoms with Crippen LogP contribution in [-0.4, -0.2) is 57.3 Å². The van der Waals surface area contributed by atoms with E-state index < -0.39 is 12.0 Å². The molecule has 1 aromatic carbocycles. The molecule has 0 bridgehead atoms. The smallest absolute Gasteiger partial charge is 0.230 e. The fourth-order valence-corrected chi connectivity index (χ4v) is 2.80. The van der Waals surface area contributed by atoms with Crippen molar-refractivity contribution in [3.63, 3.8) is 0 Å². The van der Waals surface area contributed by atoms with Crippen LogP contribution in [0.1, 0.15) is 12.0 Å². The van der Waals surface area contributed by atoms with Crippen molar-refractivity contribution >= 4 is 17.6 Å². The van der Waals surface area contributed by atoms with Crippen LogP contribution in [0, 0.1) is 6.92 Å². The Labute approximate surface area is 142 Å². The van der Waals surface area contributed by atoms with Gasteiger partial charge in [-0.25, -0.2) is 0 Å². The summed E-state index contributed by atoms with van der Waals surface area (Å²) in [6.45, 7) is 6.81. The van der Waals surface area contributed by atoms with Crippen LogP contribution in [0.15, 0.2) is 24.3 Å². The summed E-state index contributed by atoms with van der Waals surface area (Å²) in [6.07, 6.45) is -0.102. The van der Waals surface area contributed by atoms with Gasteiger partial charge in [-0.1, -0.05) is 12.1 Å². The first-order valence-corrected chi connectivity index (χ1v) is 8.36. The number of nitrogens with one attached hydrogen (secondary N) is 2. The lowest BCUT2D eigenvalue weighted by atomic mass is 10.1. The molecule has 1 saturated heterocycles. The summed E-state index contributed by atoms with van der Waals surface area (Å²) in [4.78, 5) is 24.7. The van der Waals surface area contributed by atoms with E-state index in [9.17, 15) is 14.7 Å². The number of quaternary nitrogens is 2. The van der Waals surface area contributed by atoms with Gasteiger partial charge in [0.2, 0.25) is 5.91 Å². The molecule has 1 aliphatic heterocycles. The maximum absolute atomic E-state index is 12.1. The predicted molar refractivity (Wildman–Crippen MR) is 86.4 cm³/mol. The third kappa shape index (κ3) is 6.27. The highest BCUT2D eigenvalue weighted by atomic mass is 16.5. The minimum Gasteiger partial charge on any atom is -0.544 e. The second-order valence-electron chi connectivity index (χ2n) is 6.18. The van der Waals surface area contributed by atoms with Crippen molar-refractivity contribution in [1.82, 2.24) is 0 Å². The van der Waals surface area contributed by atoms with Gasteiger partial charge in [-0.05, 0) is 24.6 Å². The molecule has 132 valence electrons. The summed E-state index contributed by atoms with van der Waals surface area (Å²) >= 11 is 0. The van der Waals surface area contributed by atoms with E-state index in [0.717, 1.165) is 38.4 Å². The Balaban J connectivity index is 1.77. The molecule has 1 amide bonds. The van der Waals surface area contributed by atoms with Crippen molar-refractivity contribution in [2.24, 2.45) is 0 Å². The molecule has 1 atom stereocenters. The Hall–Kier alpha value is -1.96. The first-order chi connectivity index (χ1) is 11.5. The van der Waals surface area contributed by atoms with Gasteiger partial charge < -0.3 is 30.2 Å². The Morgan fingerprint density at radius 2 is 2.12 bits per heavy atom. The summed E-state index contributed by atoms with van der Waals surface area (Å²) in [6, 6.07) is 6.54. The zero-order chi connectivity index (χ0) is 17.4. The molecular formula is C17H26N3O4+. The second kappa shape index (κ2) is 9.36. The number of carbonyl (C=O) groups excluding carboxylic acids is 2. The minimum atomic E-state index is -1.20. The van der Waals surface area contributed by atoms with E-state index in [1.807, 2.05) is 25.1 Å². The van der Waals surface area contributed by atoms with Crippen molar-refractivity contribution < 1.29 is 29.6 Å². The normalized spacial score (nSPS) is 16.5. The minimum absolute atomic E-state index is 0.102. The number of hydrogen-bond acceptors (Lipinski definition) is 4. The lowest BCUT2D eigenvalue weighted by Gasteiger charge is -2.24. The number of carbonyl (C=O) groups is 2. The van der Waals surface area contributed by atoms with E-state index in [4.69, 9.17) is 4.74 Å². The Kier molecular flexibility index (Phi) is 7.17. The third-order valence-corrected chi connectivity index (χ3v) is 4.16. The Morgan fingerprint density at radius 1 is 1.38 bits per heavy atom. The highest BCUT2D eigenvalue weighted by Crippen LogP contribution is 2.09. The molecule has 1 fully saturated rings. The van der Waals surface area contributed by atoms with Crippen LogP contribution < -0.4 is 20.6 Å². The SMILES string of the molecule is Cc1cccc(NC(=O)CC([NH2+]CC[NH+]2CCOCC2)C(=O)[O-])c1. The highest BCUT2D eigenvalue weighted by molar-refractivity contribution is 5.93. The Morgan fingerprint density at radius 3 is 2.79 bits per heavy atom. The molecule has 1 unspecified atom stereocenters. The molecule has 1 aromatic rings. The standard InChI is InChI=1S/C17H25N3O4/c1-13-3-2-4-14(11-13)19-16(21)12-15(17(22)23)18-5-6-20-7-9-24-10-8-20/h2-4,11,15,18H,5-10,12H2,1H3,(H,19,21)(H,22,23)/p+1. The average Bonchev–Trinajstić information content (AvgIpc) is 2.54. The van der Waals surface area contributed by atoms with Crippen molar-refractivity contribution in [2.45, 2.75) is 19.4 Å². The number of amides is 1. The number of hydrogen-bond donors (Lipinski definition) is 3. The predicted octanol–water partition coefficient (Wildman–Crippen LogP) is -3.08. The molecule has 7 heteroatoms. The molecular weight excluding hydrogens is 310 g/mol. The topological polar surface area (TPSA) is 99.5 Å². The molecule has 0 radical (unpaired) electrons. The quantitative estimate of drug-likeness (QED) is 0.469. The summed E-state index contributed by atoms with van der Waals surface area (Å²) in [5.74, 6) is -1.52. The molecule has 24 heavy (non-hydrogen) atoms. The van der Waals surface area contributed by atoms with Gasteiger partial charge in [0, 0.05) is 5.69 Å². The first kappa shape index (κ1) is 18.4. The number of benzene rings is 1. The number of aryl methyl sites for hydroxylation is 1. The van der Waals surface area contributed by atoms with Gasteiger partial charge in [0.1, 0.15) is 32.2 Å². The van der Waals surface area contributed by atoms with E-state index in [2.05, 4.69) is 5.32 Å². The lowest BCUT2D eigenvalue weighted by molar-refractivity contribution is -0.920. The van der Waals surface area contributed by atoms with Crippen LogP contribution in [-0.2, 0) is 14.3 Å². The van der Waals surface area contributed by atoms with E-state index in [1.54, 1.807) is 11.4 Å². The van der Waals surface area contributed by atoms with Gasteiger partial charge in [-0.15, -0.1) is 0 Å². The maximum atomic E-state index is 12.1. The lowest BCUT2D eigenvalue weighted by Crippen LogP contribution is -3.17.